The lowest BCUT2D eigenvalue weighted by Gasteiger charge is -2.09. The summed E-state index contributed by atoms with van der Waals surface area (Å²) in [6.07, 6.45) is 0. The largest absolute Gasteiger partial charge is 0.399 e. The first-order chi connectivity index (χ1) is 8.97. The average Bonchev–Trinajstić information content (AvgIpc) is 2.32. The van der Waals surface area contributed by atoms with Crippen LogP contribution in [-0.4, -0.2) is 5.91 Å². The maximum Gasteiger partial charge on any atom is 0.257 e. The maximum absolute atomic E-state index is 13.5. The normalized spacial score (nSPS) is 10.2. The number of hydrogen-bond donors (Lipinski definition) is 3. The number of benzene rings is 2. The molecule has 0 saturated carbocycles. The Balaban J connectivity index is 2.25. The molecule has 2 rings (SSSR count). The summed E-state index contributed by atoms with van der Waals surface area (Å²) in [7, 11) is 0. The molecular weight excluding hydrogens is 269 g/mol. The van der Waals surface area contributed by atoms with Crippen molar-refractivity contribution in [3.8, 4) is 0 Å². The van der Waals surface area contributed by atoms with Crippen molar-refractivity contribution in [2.24, 2.45) is 0 Å². The first-order valence-electron chi connectivity index (χ1n) is 5.39. The van der Waals surface area contributed by atoms with Crippen LogP contribution in [0, 0.1) is 5.82 Å². The van der Waals surface area contributed by atoms with E-state index >= 15 is 0 Å². The van der Waals surface area contributed by atoms with E-state index in [0.29, 0.717) is 5.69 Å². The zero-order valence-electron chi connectivity index (χ0n) is 9.78. The zero-order valence-corrected chi connectivity index (χ0v) is 10.5. The smallest absolute Gasteiger partial charge is 0.257 e. The number of halogens is 2. The van der Waals surface area contributed by atoms with E-state index in [-0.39, 0.29) is 22.0 Å². The standard InChI is InChI=1S/C13H11ClFN3O/c14-7-1-4-12(10(15)5-7)18-13(19)9-3-2-8(16)6-11(9)17/h1-6H,16-17H2,(H,18,19). The van der Waals surface area contributed by atoms with Crippen molar-refractivity contribution < 1.29 is 9.18 Å². The number of anilines is 3. The van der Waals surface area contributed by atoms with Gasteiger partial charge in [0.05, 0.1) is 11.3 Å². The Kier molecular flexibility index (Phi) is 3.57. The van der Waals surface area contributed by atoms with Gasteiger partial charge in [-0.05, 0) is 36.4 Å². The van der Waals surface area contributed by atoms with Gasteiger partial charge in [0.1, 0.15) is 5.82 Å². The summed E-state index contributed by atoms with van der Waals surface area (Å²) >= 11 is 5.63. The molecule has 2 aromatic rings. The maximum atomic E-state index is 13.5. The van der Waals surface area contributed by atoms with Crippen LogP contribution in [-0.2, 0) is 0 Å². The summed E-state index contributed by atoms with van der Waals surface area (Å²) < 4.78 is 13.5. The van der Waals surface area contributed by atoms with Crippen LogP contribution in [0.1, 0.15) is 10.4 Å². The molecule has 2 aromatic carbocycles. The van der Waals surface area contributed by atoms with Crippen molar-refractivity contribution in [1.82, 2.24) is 0 Å². The third kappa shape index (κ3) is 2.95. The quantitative estimate of drug-likeness (QED) is 0.739. The van der Waals surface area contributed by atoms with E-state index in [1.165, 1.54) is 24.3 Å². The average molecular weight is 280 g/mol. The van der Waals surface area contributed by atoms with Gasteiger partial charge in [0.15, 0.2) is 0 Å². The van der Waals surface area contributed by atoms with Crippen LogP contribution in [0.25, 0.3) is 0 Å². The minimum atomic E-state index is -0.616. The molecule has 0 bridgehead atoms. The molecule has 0 unspecified atom stereocenters. The predicted octanol–water partition coefficient (Wildman–Crippen LogP) is 2.90. The Labute approximate surface area is 114 Å². The zero-order chi connectivity index (χ0) is 14.0. The monoisotopic (exact) mass is 279 g/mol. The molecule has 0 aromatic heterocycles. The van der Waals surface area contributed by atoms with Crippen molar-refractivity contribution in [3.63, 3.8) is 0 Å². The van der Waals surface area contributed by atoms with Gasteiger partial charge in [-0.1, -0.05) is 11.6 Å². The molecule has 0 aliphatic rings. The van der Waals surface area contributed by atoms with Gasteiger partial charge in [-0.2, -0.15) is 0 Å². The molecule has 0 atom stereocenters. The second-order valence-corrected chi connectivity index (χ2v) is 4.36. The fourth-order valence-electron chi connectivity index (χ4n) is 1.57. The Bertz CT molecular complexity index is 646. The van der Waals surface area contributed by atoms with Gasteiger partial charge < -0.3 is 16.8 Å². The molecule has 0 saturated heterocycles. The summed E-state index contributed by atoms with van der Waals surface area (Å²) in [4.78, 5) is 12.0. The Morgan fingerprint density at radius 1 is 1.16 bits per heavy atom. The highest BCUT2D eigenvalue weighted by Crippen LogP contribution is 2.21. The minimum Gasteiger partial charge on any atom is -0.399 e. The lowest BCUT2D eigenvalue weighted by Crippen LogP contribution is -2.15. The van der Waals surface area contributed by atoms with Crippen molar-refractivity contribution in [2.45, 2.75) is 0 Å². The van der Waals surface area contributed by atoms with Crippen LogP contribution in [0.3, 0.4) is 0 Å². The van der Waals surface area contributed by atoms with E-state index in [9.17, 15) is 9.18 Å². The fraction of sp³-hybridized carbons (Fsp3) is 0. The van der Waals surface area contributed by atoms with Crippen LogP contribution in [0.4, 0.5) is 21.5 Å². The molecule has 0 heterocycles. The van der Waals surface area contributed by atoms with E-state index in [1.807, 2.05) is 0 Å². The van der Waals surface area contributed by atoms with E-state index < -0.39 is 11.7 Å². The van der Waals surface area contributed by atoms with E-state index in [2.05, 4.69) is 5.32 Å². The van der Waals surface area contributed by atoms with E-state index in [1.54, 1.807) is 6.07 Å². The lowest BCUT2D eigenvalue weighted by atomic mass is 10.1. The summed E-state index contributed by atoms with van der Waals surface area (Å²) in [5.74, 6) is -1.13. The molecule has 0 radical (unpaired) electrons. The lowest BCUT2D eigenvalue weighted by molar-refractivity contribution is 0.102. The molecule has 98 valence electrons. The van der Waals surface area contributed by atoms with Gasteiger partial charge in [0.25, 0.3) is 5.91 Å². The number of rotatable bonds is 2. The third-order valence-corrected chi connectivity index (χ3v) is 2.73. The fourth-order valence-corrected chi connectivity index (χ4v) is 1.73. The topological polar surface area (TPSA) is 81.1 Å². The first kappa shape index (κ1) is 13.2. The summed E-state index contributed by atoms with van der Waals surface area (Å²) in [6.45, 7) is 0. The number of carbonyl (C=O) groups excluding carboxylic acids is 1. The molecular formula is C13H11ClFN3O. The van der Waals surface area contributed by atoms with Crippen LogP contribution >= 0.6 is 11.6 Å². The number of amides is 1. The highest BCUT2D eigenvalue weighted by atomic mass is 35.5. The van der Waals surface area contributed by atoms with E-state index in [0.717, 1.165) is 6.07 Å². The molecule has 0 spiro atoms. The molecule has 0 aliphatic carbocycles. The number of nitrogens with one attached hydrogen (secondary N) is 1. The van der Waals surface area contributed by atoms with Gasteiger partial charge in [-0.3, -0.25) is 4.79 Å². The van der Waals surface area contributed by atoms with Crippen molar-refractivity contribution in [3.05, 3.63) is 52.8 Å². The van der Waals surface area contributed by atoms with Gasteiger partial charge in [0, 0.05) is 16.4 Å². The molecule has 0 aliphatic heterocycles. The second kappa shape index (κ2) is 5.16. The molecule has 19 heavy (non-hydrogen) atoms. The van der Waals surface area contributed by atoms with Gasteiger partial charge >= 0.3 is 0 Å². The SMILES string of the molecule is Nc1ccc(C(=O)Nc2ccc(Cl)cc2F)c(N)c1. The number of hydrogen-bond acceptors (Lipinski definition) is 3. The van der Waals surface area contributed by atoms with E-state index in [4.69, 9.17) is 23.1 Å². The van der Waals surface area contributed by atoms with Crippen molar-refractivity contribution in [1.29, 1.82) is 0 Å². The first-order valence-corrected chi connectivity index (χ1v) is 5.76. The van der Waals surface area contributed by atoms with Crippen molar-refractivity contribution in [2.75, 3.05) is 16.8 Å². The highest BCUT2D eigenvalue weighted by molar-refractivity contribution is 6.30. The van der Waals surface area contributed by atoms with Crippen LogP contribution in [0.5, 0.6) is 0 Å². The number of carbonyl (C=O) groups is 1. The van der Waals surface area contributed by atoms with Crippen LogP contribution < -0.4 is 16.8 Å². The molecule has 0 fully saturated rings. The molecule has 5 N–H and O–H groups in total. The van der Waals surface area contributed by atoms with Gasteiger partial charge in [-0.25, -0.2) is 4.39 Å². The third-order valence-electron chi connectivity index (χ3n) is 2.50. The van der Waals surface area contributed by atoms with Gasteiger partial charge in [0.2, 0.25) is 0 Å². The summed E-state index contributed by atoms with van der Waals surface area (Å²) in [5, 5.41) is 2.67. The highest BCUT2D eigenvalue weighted by Gasteiger charge is 2.12. The molecule has 1 amide bonds. The molecule has 6 heteroatoms. The molecule has 4 nitrogen and oxygen atoms in total. The predicted molar refractivity (Wildman–Crippen MR) is 74.6 cm³/mol. The second-order valence-electron chi connectivity index (χ2n) is 3.92. The van der Waals surface area contributed by atoms with Gasteiger partial charge in [-0.15, -0.1) is 0 Å². The van der Waals surface area contributed by atoms with Crippen LogP contribution in [0.15, 0.2) is 36.4 Å². The number of nitrogen functional groups attached to an aromatic ring is 2. The Morgan fingerprint density at radius 3 is 2.53 bits per heavy atom. The Hall–Kier alpha value is -2.27. The Morgan fingerprint density at radius 2 is 1.89 bits per heavy atom. The summed E-state index contributed by atoms with van der Waals surface area (Å²) in [5.41, 5.74) is 12.2. The number of nitrogens with two attached hydrogens (primary N) is 2. The van der Waals surface area contributed by atoms with Crippen molar-refractivity contribution >= 4 is 34.6 Å². The summed E-state index contributed by atoms with van der Waals surface area (Å²) in [6, 6.07) is 8.46. The minimum absolute atomic E-state index is 0.0330. The van der Waals surface area contributed by atoms with Crippen LogP contribution in [0.2, 0.25) is 5.02 Å².